The van der Waals surface area contributed by atoms with Gasteiger partial charge in [-0.25, -0.2) is 0 Å². The van der Waals surface area contributed by atoms with Crippen LogP contribution in [0.1, 0.15) is 44.5 Å². The lowest BCUT2D eigenvalue weighted by Gasteiger charge is -2.21. The fraction of sp³-hybridized carbons (Fsp3) is 0.308. The number of benzene rings is 3. The monoisotopic (exact) mass is 406 g/mol. The van der Waals surface area contributed by atoms with Crippen molar-refractivity contribution >= 4 is 13.7 Å². The molecule has 3 rings (SSSR count). The highest BCUT2D eigenvalue weighted by Crippen LogP contribution is 2.40. The highest BCUT2D eigenvalue weighted by molar-refractivity contribution is 7.55. The molecule has 0 aliphatic rings. The van der Waals surface area contributed by atoms with Crippen LogP contribution >= 0.6 is 8.38 Å². The highest BCUT2D eigenvalue weighted by Gasteiger charge is 2.17. The molecule has 0 aliphatic heterocycles. The molecular formula is C26H31O2P. The molecule has 0 N–H and O–H groups in total. The molecule has 0 saturated carbocycles. The second-order valence-corrected chi connectivity index (χ2v) is 9.44. The van der Waals surface area contributed by atoms with Crippen molar-refractivity contribution in [3.05, 3.63) is 99.1 Å². The van der Waals surface area contributed by atoms with Crippen LogP contribution in [0.5, 0.6) is 0 Å². The number of hydrogen-bond donors (Lipinski definition) is 0. The summed E-state index contributed by atoms with van der Waals surface area (Å²) in [5.74, 6) is 0. The zero-order valence-electron chi connectivity index (χ0n) is 18.4. The second-order valence-electron chi connectivity index (χ2n) is 7.89. The van der Waals surface area contributed by atoms with Gasteiger partial charge in [-0.1, -0.05) is 53.6 Å². The molecule has 0 amide bonds. The van der Waals surface area contributed by atoms with Gasteiger partial charge >= 0.3 is 0 Å². The Kier molecular flexibility index (Phi) is 7.24. The zero-order chi connectivity index (χ0) is 21.0. The van der Waals surface area contributed by atoms with E-state index in [4.69, 9.17) is 9.05 Å². The minimum absolute atomic E-state index is 0.560. The van der Waals surface area contributed by atoms with Gasteiger partial charge in [-0.15, -0.1) is 0 Å². The largest absolute Gasteiger partial charge is 0.326 e. The molecule has 0 aromatic heterocycles. The summed E-state index contributed by atoms with van der Waals surface area (Å²) in [4.78, 5) is 0. The molecule has 0 atom stereocenters. The van der Waals surface area contributed by atoms with Crippen LogP contribution in [0.4, 0.5) is 0 Å². The van der Waals surface area contributed by atoms with Gasteiger partial charge in [-0.2, -0.15) is 0 Å². The van der Waals surface area contributed by atoms with Gasteiger partial charge in [-0.05, 0) is 87.1 Å². The first kappa shape index (κ1) is 21.7. The Morgan fingerprint density at radius 3 is 1.34 bits per heavy atom. The molecule has 0 spiro atoms. The molecule has 3 aromatic carbocycles. The van der Waals surface area contributed by atoms with E-state index in [0.717, 1.165) is 5.30 Å². The zero-order valence-corrected chi connectivity index (χ0v) is 19.3. The lowest BCUT2D eigenvalue weighted by atomic mass is 10.0. The van der Waals surface area contributed by atoms with E-state index in [0.29, 0.717) is 13.2 Å². The van der Waals surface area contributed by atoms with Gasteiger partial charge in [0.2, 0.25) is 8.38 Å². The number of rotatable bonds is 7. The van der Waals surface area contributed by atoms with E-state index in [2.05, 4.69) is 77.9 Å². The van der Waals surface area contributed by atoms with E-state index in [-0.39, 0.29) is 0 Å². The number of aryl methyl sites for hydroxylation is 6. The van der Waals surface area contributed by atoms with E-state index in [1.807, 2.05) is 18.2 Å². The highest BCUT2D eigenvalue weighted by atomic mass is 31.2. The van der Waals surface area contributed by atoms with Gasteiger partial charge in [0.25, 0.3) is 0 Å². The SMILES string of the molecule is Cc1cc(C)c(COP(OCc2c(C)cc(C)cc2C)c2ccccc2)c(C)c1. The summed E-state index contributed by atoms with van der Waals surface area (Å²) < 4.78 is 12.8. The van der Waals surface area contributed by atoms with Crippen LogP contribution in [0.3, 0.4) is 0 Å². The average molecular weight is 407 g/mol. The molecule has 3 heteroatoms. The molecule has 0 aliphatic carbocycles. The average Bonchev–Trinajstić information content (AvgIpc) is 2.65. The topological polar surface area (TPSA) is 18.5 Å². The number of hydrogen-bond acceptors (Lipinski definition) is 2. The van der Waals surface area contributed by atoms with E-state index in [9.17, 15) is 0 Å². The van der Waals surface area contributed by atoms with Crippen LogP contribution in [0.25, 0.3) is 0 Å². The summed E-state index contributed by atoms with van der Waals surface area (Å²) in [6.07, 6.45) is 0. The maximum absolute atomic E-state index is 6.38. The van der Waals surface area contributed by atoms with Gasteiger partial charge in [0.1, 0.15) is 0 Å². The van der Waals surface area contributed by atoms with E-state index >= 15 is 0 Å². The Bertz CT molecular complexity index is 872. The van der Waals surface area contributed by atoms with Gasteiger partial charge < -0.3 is 9.05 Å². The van der Waals surface area contributed by atoms with Gasteiger partial charge in [0, 0.05) is 5.30 Å². The summed E-state index contributed by atoms with van der Waals surface area (Å²) in [7, 11) is -1.17. The molecule has 29 heavy (non-hydrogen) atoms. The second kappa shape index (κ2) is 9.67. The van der Waals surface area contributed by atoms with Crippen molar-refractivity contribution < 1.29 is 9.05 Å². The van der Waals surface area contributed by atoms with Crippen LogP contribution in [-0.2, 0) is 22.3 Å². The molecule has 0 bridgehead atoms. The Morgan fingerprint density at radius 2 is 0.966 bits per heavy atom. The molecule has 2 nitrogen and oxygen atoms in total. The normalized spacial score (nSPS) is 11.3. The molecule has 0 radical (unpaired) electrons. The first-order valence-electron chi connectivity index (χ1n) is 10.1. The van der Waals surface area contributed by atoms with Crippen molar-refractivity contribution in [2.45, 2.75) is 54.8 Å². The minimum Gasteiger partial charge on any atom is -0.326 e. The van der Waals surface area contributed by atoms with E-state index in [1.165, 1.54) is 44.5 Å². The van der Waals surface area contributed by atoms with Crippen LogP contribution in [0.15, 0.2) is 54.6 Å². The first-order chi connectivity index (χ1) is 13.8. The van der Waals surface area contributed by atoms with Crippen LogP contribution in [-0.4, -0.2) is 0 Å². The Hall–Kier alpha value is -1.99. The summed E-state index contributed by atoms with van der Waals surface area (Å²) in [5.41, 5.74) is 10.2. The van der Waals surface area contributed by atoms with E-state index < -0.39 is 8.38 Å². The van der Waals surface area contributed by atoms with Gasteiger partial charge in [0.05, 0.1) is 13.2 Å². The molecule has 0 heterocycles. The van der Waals surface area contributed by atoms with E-state index in [1.54, 1.807) is 0 Å². The quantitative estimate of drug-likeness (QED) is 0.397. The Labute approximate surface area is 176 Å². The van der Waals surface area contributed by atoms with Gasteiger partial charge in [0.15, 0.2) is 0 Å². The van der Waals surface area contributed by atoms with Crippen molar-refractivity contribution in [2.24, 2.45) is 0 Å². The van der Waals surface area contributed by atoms with Crippen molar-refractivity contribution in [2.75, 3.05) is 0 Å². The summed E-state index contributed by atoms with van der Waals surface area (Å²) in [6.45, 7) is 14.0. The van der Waals surface area contributed by atoms with Crippen LogP contribution < -0.4 is 5.30 Å². The third kappa shape index (κ3) is 5.54. The Balaban J connectivity index is 1.80. The standard InChI is InChI=1S/C26H31O2P/c1-18-12-20(3)25(21(4)13-18)16-27-29(24-10-8-7-9-11-24)28-17-26-22(5)14-19(2)15-23(26)6/h7-15H,16-17H2,1-6H3. The first-order valence-corrected chi connectivity index (χ1v) is 11.3. The maximum atomic E-state index is 6.38. The predicted octanol–water partition coefficient (Wildman–Crippen LogP) is 6.91. The fourth-order valence-electron chi connectivity index (χ4n) is 3.86. The van der Waals surface area contributed by atoms with Crippen molar-refractivity contribution in [1.29, 1.82) is 0 Å². The van der Waals surface area contributed by atoms with Crippen molar-refractivity contribution in [3.8, 4) is 0 Å². The molecule has 0 saturated heterocycles. The molecule has 0 fully saturated rings. The Morgan fingerprint density at radius 1 is 0.586 bits per heavy atom. The third-order valence-corrected chi connectivity index (χ3v) is 6.75. The summed E-state index contributed by atoms with van der Waals surface area (Å²) in [5, 5.41) is 1.10. The molecular weight excluding hydrogens is 375 g/mol. The van der Waals surface area contributed by atoms with Crippen LogP contribution in [0, 0.1) is 41.5 Å². The van der Waals surface area contributed by atoms with Gasteiger partial charge in [-0.3, -0.25) is 0 Å². The molecule has 152 valence electrons. The maximum Gasteiger partial charge on any atom is 0.205 e. The minimum atomic E-state index is -1.17. The summed E-state index contributed by atoms with van der Waals surface area (Å²) >= 11 is 0. The van der Waals surface area contributed by atoms with Crippen LogP contribution in [0.2, 0.25) is 0 Å². The van der Waals surface area contributed by atoms with Crippen molar-refractivity contribution in [1.82, 2.24) is 0 Å². The third-order valence-electron chi connectivity index (χ3n) is 5.30. The molecule has 0 unspecified atom stereocenters. The fourth-order valence-corrected chi connectivity index (χ4v) is 5.14. The smallest absolute Gasteiger partial charge is 0.205 e. The lowest BCUT2D eigenvalue weighted by molar-refractivity contribution is 0.241. The molecule has 3 aromatic rings. The predicted molar refractivity (Wildman–Crippen MR) is 124 cm³/mol. The lowest BCUT2D eigenvalue weighted by Crippen LogP contribution is -2.08. The van der Waals surface area contributed by atoms with Crippen molar-refractivity contribution in [3.63, 3.8) is 0 Å². The summed E-state index contributed by atoms with van der Waals surface area (Å²) in [6, 6.07) is 19.2.